The maximum atomic E-state index is 11.7. The fraction of sp³-hybridized carbons (Fsp3) is 0.857. The van der Waals surface area contributed by atoms with Crippen molar-refractivity contribution in [3.05, 3.63) is 0 Å². The van der Waals surface area contributed by atoms with Crippen LogP contribution in [0.5, 0.6) is 0 Å². The maximum Gasteiger partial charge on any atom is 0.310 e. The molecule has 1 aliphatic rings. The minimum absolute atomic E-state index is 0.0686. The van der Waals surface area contributed by atoms with Gasteiger partial charge in [-0.2, -0.15) is 0 Å². The molecule has 0 aromatic rings. The first-order valence-electron chi connectivity index (χ1n) is 7.27. The molecule has 0 aliphatic carbocycles. The van der Waals surface area contributed by atoms with Gasteiger partial charge in [-0.1, -0.05) is 32.6 Å². The van der Waals surface area contributed by atoms with Crippen LogP contribution in [-0.4, -0.2) is 30.8 Å². The summed E-state index contributed by atoms with van der Waals surface area (Å²) < 4.78 is 10.4. The molecule has 1 N–H and O–H groups in total. The molecular weight excluding hydrogens is 246 g/mol. The highest BCUT2D eigenvalue weighted by Crippen LogP contribution is 2.16. The van der Waals surface area contributed by atoms with E-state index in [1.165, 1.54) is 19.3 Å². The van der Waals surface area contributed by atoms with Crippen LogP contribution in [0, 0.1) is 0 Å². The third-order valence-corrected chi connectivity index (χ3v) is 3.16. The fourth-order valence-corrected chi connectivity index (χ4v) is 2.14. The van der Waals surface area contributed by atoms with Gasteiger partial charge in [-0.3, -0.25) is 9.59 Å². The zero-order valence-electron chi connectivity index (χ0n) is 11.9. The Labute approximate surface area is 115 Å². The zero-order valence-corrected chi connectivity index (χ0v) is 11.9. The lowest BCUT2D eigenvalue weighted by molar-refractivity contribution is -0.145. The Kier molecular flexibility index (Phi) is 7.48. The van der Waals surface area contributed by atoms with Crippen molar-refractivity contribution in [3.8, 4) is 0 Å². The molecule has 1 heterocycles. The minimum Gasteiger partial charge on any atom is -0.439 e. The number of carbonyl (C=O) groups excluding carboxylic acids is 2. The van der Waals surface area contributed by atoms with Crippen molar-refractivity contribution in [3.63, 3.8) is 0 Å². The van der Waals surface area contributed by atoms with Crippen LogP contribution in [0.1, 0.15) is 58.8 Å². The van der Waals surface area contributed by atoms with Gasteiger partial charge in [-0.05, 0) is 13.3 Å². The first-order chi connectivity index (χ1) is 9.17. The van der Waals surface area contributed by atoms with Gasteiger partial charge in [0.05, 0.1) is 6.42 Å². The van der Waals surface area contributed by atoms with Crippen LogP contribution in [-0.2, 0) is 19.1 Å². The Morgan fingerprint density at radius 3 is 2.74 bits per heavy atom. The fourth-order valence-electron chi connectivity index (χ4n) is 2.14. The van der Waals surface area contributed by atoms with Crippen LogP contribution in [0.4, 0.5) is 0 Å². The molecule has 1 fully saturated rings. The van der Waals surface area contributed by atoms with Crippen molar-refractivity contribution in [2.75, 3.05) is 6.61 Å². The quantitative estimate of drug-likeness (QED) is 0.515. The summed E-state index contributed by atoms with van der Waals surface area (Å²) in [6.07, 6.45) is 5.27. The summed E-state index contributed by atoms with van der Waals surface area (Å²) >= 11 is 0. The normalized spacial score (nSPS) is 22.3. The Bertz CT molecular complexity index is 293. The molecule has 5 nitrogen and oxygen atoms in total. The van der Waals surface area contributed by atoms with E-state index in [-0.39, 0.29) is 24.4 Å². The van der Waals surface area contributed by atoms with Crippen molar-refractivity contribution in [1.29, 1.82) is 0 Å². The van der Waals surface area contributed by atoms with E-state index in [0.717, 1.165) is 12.8 Å². The van der Waals surface area contributed by atoms with Crippen LogP contribution in [0.25, 0.3) is 0 Å². The van der Waals surface area contributed by atoms with Gasteiger partial charge in [0, 0.05) is 13.0 Å². The second-order valence-electron chi connectivity index (χ2n) is 4.84. The number of unbranched alkanes of at least 4 members (excludes halogenated alkanes) is 4. The van der Waals surface area contributed by atoms with E-state index in [1.807, 2.05) is 6.92 Å². The van der Waals surface area contributed by atoms with E-state index in [0.29, 0.717) is 13.0 Å². The lowest BCUT2D eigenvalue weighted by Gasteiger charge is -2.18. The smallest absolute Gasteiger partial charge is 0.310 e. The van der Waals surface area contributed by atoms with Crippen LogP contribution >= 0.6 is 0 Å². The highest BCUT2D eigenvalue weighted by Gasteiger charge is 2.36. The van der Waals surface area contributed by atoms with E-state index in [1.54, 1.807) is 0 Å². The summed E-state index contributed by atoms with van der Waals surface area (Å²) in [4.78, 5) is 22.9. The Morgan fingerprint density at radius 1 is 1.32 bits per heavy atom. The first kappa shape index (κ1) is 16.0. The number of hydrogen-bond acceptors (Lipinski definition) is 4. The number of carbonyl (C=O) groups is 2. The molecule has 1 amide bonds. The third-order valence-electron chi connectivity index (χ3n) is 3.16. The summed E-state index contributed by atoms with van der Waals surface area (Å²) in [5.41, 5.74) is 0. The predicted molar refractivity (Wildman–Crippen MR) is 71.4 cm³/mol. The van der Waals surface area contributed by atoms with Crippen LogP contribution in [0.2, 0.25) is 0 Å². The van der Waals surface area contributed by atoms with Crippen molar-refractivity contribution in [1.82, 2.24) is 5.32 Å². The average Bonchev–Trinajstić information content (AvgIpc) is 2.70. The van der Waals surface area contributed by atoms with Gasteiger partial charge in [0.25, 0.3) is 0 Å². The topological polar surface area (TPSA) is 64.6 Å². The second-order valence-corrected chi connectivity index (χ2v) is 4.84. The highest BCUT2D eigenvalue weighted by molar-refractivity contribution is 5.78. The molecular formula is C14H25NO4. The number of rotatable bonds is 9. The lowest BCUT2D eigenvalue weighted by atomic mass is 10.1. The lowest BCUT2D eigenvalue weighted by Crippen LogP contribution is -2.42. The highest BCUT2D eigenvalue weighted by atomic mass is 16.6. The number of hydrogen-bond donors (Lipinski definition) is 1. The van der Waals surface area contributed by atoms with E-state index in [9.17, 15) is 9.59 Å². The molecule has 19 heavy (non-hydrogen) atoms. The van der Waals surface area contributed by atoms with Crippen LogP contribution in [0.3, 0.4) is 0 Å². The van der Waals surface area contributed by atoms with Gasteiger partial charge in [-0.15, -0.1) is 0 Å². The summed E-state index contributed by atoms with van der Waals surface area (Å²) in [5, 5.41) is 2.73. The van der Waals surface area contributed by atoms with Crippen LogP contribution in [0.15, 0.2) is 0 Å². The summed E-state index contributed by atoms with van der Waals surface area (Å²) in [6, 6.07) is 0. The first-order valence-corrected chi connectivity index (χ1v) is 7.27. The van der Waals surface area contributed by atoms with E-state index < -0.39 is 6.23 Å². The number of amides is 1. The SMILES string of the molecule is CCCCCCCC(=O)N[C@@H]1OC(=O)C[C@@H]1OCC. The second kappa shape index (κ2) is 8.91. The maximum absolute atomic E-state index is 11.7. The Morgan fingerprint density at radius 2 is 2.05 bits per heavy atom. The summed E-state index contributed by atoms with van der Waals surface area (Å²) in [5.74, 6) is -0.382. The van der Waals surface area contributed by atoms with Gasteiger partial charge in [0.2, 0.25) is 12.1 Å². The number of cyclic esters (lactones) is 1. The molecule has 0 aromatic carbocycles. The molecule has 2 atom stereocenters. The molecule has 0 saturated carbocycles. The molecule has 5 heteroatoms. The van der Waals surface area contributed by atoms with Gasteiger partial charge in [0.15, 0.2) is 0 Å². The molecule has 1 rings (SSSR count). The molecule has 0 radical (unpaired) electrons. The minimum atomic E-state index is -0.615. The van der Waals surface area contributed by atoms with Gasteiger partial charge >= 0.3 is 5.97 Å². The Balaban J connectivity index is 2.21. The summed E-state index contributed by atoms with van der Waals surface area (Å²) in [7, 11) is 0. The number of nitrogens with one attached hydrogen (secondary N) is 1. The van der Waals surface area contributed by atoms with E-state index >= 15 is 0 Å². The van der Waals surface area contributed by atoms with E-state index in [4.69, 9.17) is 9.47 Å². The van der Waals surface area contributed by atoms with Gasteiger partial charge in [-0.25, -0.2) is 0 Å². The predicted octanol–water partition coefficient (Wildman–Crippen LogP) is 2.14. The molecule has 0 unspecified atom stereocenters. The molecule has 0 spiro atoms. The largest absolute Gasteiger partial charge is 0.439 e. The monoisotopic (exact) mass is 271 g/mol. The third kappa shape index (κ3) is 6.05. The van der Waals surface area contributed by atoms with Crippen molar-refractivity contribution >= 4 is 11.9 Å². The van der Waals surface area contributed by atoms with Gasteiger partial charge < -0.3 is 14.8 Å². The average molecular weight is 271 g/mol. The molecule has 1 saturated heterocycles. The standard InChI is InChI=1S/C14H25NO4/c1-3-5-6-7-8-9-12(16)15-14-11(18-4-2)10-13(17)19-14/h11,14H,3-10H2,1-2H3,(H,15,16)/t11-,14+/m0/s1. The van der Waals surface area contributed by atoms with Crippen molar-refractivity contribution in [2.45, 2.75) is 71.1 Å². The van der Waals surface area contributed by atoms with Crippen molar-refractivity contribution < 1.29 is 19.1 Å². The van der Waals surface area contributed by atoms with Crippen molar-refractivity contribution in [2.24, 2.45) is 0 Å². The molecule has 0 aromatic heterocycles. The number of esters is 1. The van der Waals surface area contributed by atoms with E-state index in [2.05, 4.69) is 12.2 Å². The molecule has 0 bridgehead atoms. The molecule has 1 aliphatic heterocycles. The number of ether oxygens (including phenoxy) is 2. The Hall–Kier alpha value is -1.10. The van der Waals surface area contributed by atoms with Gasteiger partial charge in [0.1, 0.15) is 6.10 Å². The van der Waals surface area contributed by atoms with Crippen LogP contribution < -0.4 is 5.32 Å². The summed E-state index contributed by atoms with van der Waals surface area (Å²) in [6.45, 7) is 4.52. The zero-order chi connectivity index (χ0) is 14.1. The molecule has 110 valence electrons.